The van der Waals surface area contributed by atoms with Crippen molar-refractivity contribution in [2.45, 2.75) is 55.6 Å². The summed E-state index contributed by atoms with van der Waals surface area (Å²) in [5, 5.41) is 2.41. The van der Waals surface area contributed by atoms with Gasteiger partial charge in [-0.3, -0.25) is 14.8 Å². The zero-order valence-electron chi connectivity index (χ0n) is 20.3. The van der Waals surface area contributed by atoms with Crippen LogP contribution < -0.4 is 5.32 Å². The van der Waals surface area contributed by atoms with Crippen LogP contribution in [-0.4, -0.2) is 50.6 Å². The first-order chi connectivity index (χ1) is 18.6. The molecule has 0 bridgehead atoms. The van der Waals surface area contributed by atoms with E-state index < -0.39 is 63.9 Å². The number of hydrogen-bond acceptors (Lipinski definition) is 7. The van der Waals surface area contributed by atoms with Gasteiger partial charge in [0.15, 0.2) is 0 Å². The van der Waals surface area contributed by atoms with Crippen molar-refractivity contribution in [3.63, 3.8) is 0 Å². The van der Waals surface area contributed by atoms with Gasteiger partial charge in [0.25, 0.3) is 0 Å². The van der Waals surface area contributed by atoms with Gasteiger partial charge in [-0.25, -0.2) is 18.4 Å². The highest BCUT2D eigenvalue weighted by atomic mass is 35.5. The Labute approximate surface area is 228 Å². The quantitative estimate of drug-likeness (QED) is 0.410. The molecule has 1 amide bonds. The van der Waals surface area contributed by atoms with Crippen LogP contribution in [0.1, 0.15) is 36.7 Å². The highest BCUT2D eigenvalue weighted by Crippen LogP contribution is 2.35. The lowest BCUT2D eigenvalue weighted by Gasteiger charge is -2.27. The summed E-state index contributed by atoms with van der Waals surface area (Å²) in [6, 6.07) is 0.289. The van der Waals surface area contributed by atoms with Gasteiger partial charge in [-0.15, -0.1) is 0 Å². The second-order valence-corrected chi connectivity index (χ2v) is 11.1. The molecular weight excluding hydrogens is 590 g/mol. The lowest BCUT2D eigenvalue weighted by Crippen LogP contribution is -2.48. The Morgan fingerprint density at radius 3 is 2.27 bits per heavy atom. The van der Waals surface area contributed by atoms with Crippen LogP contribution in [0.2, 0.25) is 5.02 Å². The number of pyridine rings is 2. The Kier molecular flexibility index (Phi) is 8.06. The molecule has 3 aromatic heterocycles. The molecule has 0 aliphatic carbocycles. The topological polar surface area (TPSA) is 118 Å². The zero-order valence-corrected chi connectivity index (χ0v) is 21.9. The van der Waals surface area contributed by atoms with Crippen LogP contribution in [0.3, 0.4) is 0 Å². The second kappa shape index (κ2) is 10.9. The number of alkyl halides is 6. The van der Waals surface area contributed by atoms with Gasteiger partial charge in [0.2, 0.25) is 21.8 Å². The van der Waals surface area contributed by atoms with E-state index in [-0.39, 0.29) is 27.6 Å². The molecule has 9 nitrogen and oxygen atoms in total. The smallest absolute Gasteiger partial charge is 0.351 e. The summed E-state index contributed by atoms with van der Waals surface area (Å²) >= 11 is 5.87. The van der Waals surface area contributed by atoms with Crippen molar-refractivity contribution in [1.29, 1.82) is 0 Å². The second-order valence-electron chi connectivity index (χ2n) is 8.85. The largest absolute Gasteiger partial charge is 0.451 e. The third kappa shape index (κ3) is 6.18. The normalized spacial score (nSPS) is 18.6. The molecule has 214 valence electrons. The molecule has 0 spiro atoms. The first-order valence-electron chi connectivity index (χ1n) is 11.5. The highest BCUT2D eigenvalue weighted by molar-refractivity contribution is 7.89. The molecule has 4 rings (SSSR count). The number of sulfonamides is 1. The van der Waals surface area contributed by atoms with E-state index >= 15 is 0 Å². The van der Waals surface area contributed by atoms with Crippen LogP contribution in [0, 0.1) is 0 Å². The van der Waals surface area contributed by atoms with Crippen LogP contribution >= 0.6 is 11.6 Å². The Morgan fingerprint density at radius 1 is 1.00 bits per heavy atom. The van der Waals surface area contributed by atoms with Crippen molar-refractivity contribution in [2.75, 3.05) is 0 Å². The minimum absolute atomic E-state index is 0.0561. The number of carbonyl (C=O) groups excluding carboxylic acids is 1. The van der Waals surface area contributed by atoms with Gasteiger partial charge in [-0.2, -0.15) is 30.6 Å². The van der Waals surface area contributed by atoms with E-state index in [1.54, 1.807) is 6.92 Å². The molecule has 1 fully saturated rings. The van der Waals surface area contributed by atoms with Gasteiger partial charge >= 0.3 is 12.4 Å². The molecule has 1 N–H and O–H groups in total. The van der Waals surface area contributed by atoms with Crippen molar-refractivity contribution in [3.8, 4) is 11.3 Å². The predicted molar refractivity (Wildman–Crippen MR) is 128 cm³/mol. The maximum atomic E-state index is 13.7. The molecule has 1 saturated heterocycles. The fourth-order valence-corrected chi connectivity index (χ4v) is 6.30. The van der Waals surface area contributed by atoms with E-state index in [4.69, 9.17) is 11.6 Å². The number of nitrogens with zero attached hydrogens (tertiary/aromatic N) is 5. The average Bonchev–Trinajstić information content (AvgIpc) is 3.28. The lowest BCUT2D eigenvalue weighted by atomic mass is 10.1. The van der Waals surface area contributed by atoms with E-state index in [0.29, 0.717) is 12.6 Å². The lowest BCUT2D eigenvalue weighted by molar-refractivity contribution is -0.145. The number of nitrogens with one attached hydrogen (secondary N) is 1. The summed E-state index contributed by atoms with van der Waals surface area (Å²) in [6.45, 7) is 0.911. The number of carbonyl (C=O) groups is 1. The molecule has 40 heavy (non-hydrogen) atoms. The van der Waals surface area contributed by atoms with Gasteiger partial charge < -0.3 is 5.32 Å². The summed E-state index contributed by atoms with van der Waals surface area (Å²) in [6.07, 6.45) is -4.96. The standard InChI is InChI=1S/C23H19ClF6N6O3S/c1-12-2-3-19(36(12)40(38,39)16-5-15(24)9-31-10-16)20(37)33-6-13-4-18(32-11-17(13)22(25,26)27)14-7-34-21(35-8-14)23(28,29)30/h4-5,7-12,19H,2-3,6H2,1H3,(H,33,37)/t12-,19-/m0/s1. The van der Waals surface area contributed by atoms with Gasteiger partial charge in [-0.05, 0) is 37.5 Å². The first-order valence-corrected chi connectivity index (χ1v) is 13.3. The van der Waals surface area contributed by atoms with Crippen molar-refractivity contribution in [2.24, 2.45) is 0 Å². The molecule has 1 aliphatic heterocycles. The first kappa shape index (κ1) is 29.6. The van der Waals surface area contributed by atoms with Gasteiger partial charge in [0.1, 0.15) is 10.9 Å². The summed E-state index contributed by atoms with van der Waals surface area (Å²) in [7, 11) is -4.23. The van der Waals surface area contributed by atoms with E-state index in [0.717, 1.165) is 29.0 Å². The van der Waals surface area contributed by atoms with Crippen molar-refractivity contribution < 1.29 is 39.6 Å². The van der Waals surface area contributed by atoms with Gasteiger partial charge in [0, 0.05) is 49.1 Å². The molecule has 3 aromatic rings. The summed E-state index contributed by atoms with van der Waals surface area (Å²) in [5.41, 5.74) is -1.91. The predicted octanol–water partition coefficient (Wildman–Crippen LogP) is 4.48. The van der Waals surface area contributed by atoms with Crippen molar-refractivity contribution in [1.82, 2.24) is 29.6 Å². The Hall–Kier alpha value is -3.37. The zero-order chi connectivity index (χ0) is 29.5. The van der Waals surface area contributed by atoms with E-state index in [1.807, 2.05) is 0 Å². The summed E-state index contributed by atoms with van der Waals surface area (Å²) in [5.74, 6) is -2.28. The minimum Gasteiger partial charge on any atom is -0.351 e. The molecule has 4 heterocycles. The van der Waals surface area contributed by atoms with E-state index in [9.17, 15) is 39.6 Å². The monoisotopic (exact) mass is 608 g/mol. The average molecular weight is 609 g/mol. The molecule has 0 radical (unpaired) electrons. The van der Waals surface area contributed by atoms with Crippen LogP contribution in [0.5, 0.6) is 0 Å². The maximum absolute atomic E-state index is 13.7. The van der Waals surface area contributed by atoms with Gasteiger partial charge in [-0.1, -0.05) is 11.6 Å². The molecule has 2 atom stereocenters. The Bertz CT molecular complexity index is 1520. The minimum atomic E-state index is -4.88. The Balaban J connectivity index is 1.59. The number of rotatable bonds is 6. The summed E-state index contributed by atoms with van der Waals surface area (Å²) < 4.78 is 107. The Morgan fingerprint density at radius 2 is 1.68 bits per heavy atom. The third-order valence-corrected chi connectivity index (χ3v) is 8.30. The SMILES string of the molecule is C[C@H]1CC[C@@H](C(=O)NCc2cc(-c3cnc(C(F)(F)F)nc3)ncc2C(F)(F)F)N1S(=O)(=O)c1cncc(Cl)c1. The summed E-state index contributed by atoms with van der Waals surface area (Å²) in [4.78, 5) is 26.6. The van der Waals surface area contributed by atoms with Crippen molar-refractivity contribution >= 4 is 27.5 Å². The third-order valence-electron chi connectivity index (χ3n) is 6.11. The van der Waals surface area contributed by atoms with Crippen LogP contribution in [-0.2, 0) is 33.7 Å². The molecular formula is C23H19ClF6N6O3S. The fraction of sp³-hybridized carbons (Fsp3) is 0.348. The highest BCUT2D eigenvalue weighted by Gasteiger charge is 2.44. The maximum Gasteiger partial charge on any atom is 0.451 e. The number of aromatic nitrogens is 4. The van der Waals surface area contributed by atoms with E-state index in [1.165, 1.54) is 12.3 Å². The van der Waals surface area contributed by atoms with Gasteiger partial charge in [0.05, 0.1) is 16.3 Å². The fourth-order valence-electron chi connectivity index (χ4n) is 4.23. The van der Waals surface area contributed by atoms with Crippen LogP contribution in [0.4, 0.5) is 26.3 Å². The number of halogens is 7. The van der Waals surface area contributed by atoms with Crippen LogP contribution in [0.25, 0.3) is 11.3 Å². The molecule has 0 unspecified atom stereocenters. The number of amides is 1. The van der Waals surface area contributed by atoms with Crippen LogP contribution in [0.15, 0.2) is 48.0 Å². The molecule has 0 aromatic carbocycles. The van der Waals surface area contributed by atoms with E-state index in [2.05, 4.69) is 25.3 Å². The molecule has 17 heteroatoms. The molecule has 0 saturated carbocycles. The number of hydrogen-bond donors (Lipinski definition) is 1. The molecule has 1 aliphatic rings. The van der Waals surface area contributed by atoms with Crippen molar-refractivity contribution in [3.05, 3.63) is 65.1 Å².